The van der Waals surface area contributed by atoms with Gasteiger partial charge in [-0.1, -0.05) is 18.7 Å². The van der Waals surface area contributed by atoms with Crippen molar-refractivity contribution in [1.29, 1.82) is 0 Å². The van der Waals surface area contributed by atoms with Crippen molar-refractivity contribution < 1.29 is 9.21 Å². The van der Waals surface area contributed by atoms with E-state index in [1.807, 2.05) is 28.8 Å². The summed E-state index contributed by atoms with van der Waals surface area (Å²) in [5.41, 5.74) is 0. The number of carbonyl (C=O) groups excluding carboxylic acids is 1. The maximum absolute atomic E-state index is 12.8. The van der Waals surface area contributed by atoms with Crippen LogP contribution in [0.25, 0.3) is 0 Å². The summed E-state index contributed by atoms with van der Waals surface area (Å²) in [6, 6.07) is 3.95. The van der Waals surface area contributed by atoms with E-state index in [1.54, 1.807) is 24.0 Å². The molecule has 3 rings (SSSR count). The van der Waals surface area contributed by atoms with Gasteiger partial charge in [0, 0.05) is 38.6 Å². The second-order valence-electron chi connectivity index (χ2n) is 6.02. The minimum absolute atomic E-state index is 0.00112. The molecule has 1 atom stereocenters. The molecule has 0 saturated carbocycles. The third-order valence-electron chi connectivity index (χ3n) is 4.19. The number of amides is 1. The van der Waals surface area contributed by atoms with E-state index in [0.717, 1.165) is 43.4 Å². The smallest absolute Gasteiger partial charge is 0.289 e. The van der Waals surface area contributed by atoms with Crippen LogP contribution in [0.5, 0.6) is 0 Å². The normalized spacial score (nSPS) is 17.3. The molecule has 1 fully saturated rings. The standard InChI is InChI=1S/C17H24N4O2S/c1-3-9-21(13-6-7-18-11-13)16(22)15-5-4-14(23-15)12-24-17-19-8-10-20(17)2/h4-5,8,10,13,18H,3,6-7,9,11-12H2,1-2H3. The van der Waals surface area contributed by atoms with Gasteiger partial charge in [0.25, 0.3) is 5.91 Å². The fourth-order valence-corrected chi connectivity index (χ4v) is 3.76. The molecule has 1 amide bonds. The number of aromatic nitrogens is 2. The molecule has 24 heavy (non-hydrogen) atoms. The lowest BCUT2D eigenvalue weighted by atomic mass is 10.2. The number of nitrogens with one attached hydrogen (secondary N) is 1. The van der Waals surface area contributed by atoms with Gasteiger partial charge >= 0.3 is 0 Å². The maximum Gasteiger partial charge on any atom is 0.289 e. The Balaban J connectivity index is 1.64. The molecule has 2 aromatic rings. The van der Waals surface area contributed by atoms with E-state index in [2.05, 4.69) is 17.2 Å². The van der Waals surface area contributed by atoms with Gasteiger partial charge in [-0.2, -0.15) is 0 Å². The van der Waals surface area contributed by atoms with Crippen LogP contribution in [0.15, 0.2) is 34.1 Å². The number of rotatable bonds is 7. The second-order valence-corrected chi connectivity index (χ2v) is 6.96. The van der Waals surface area contributed by atoms with E-state index in [-0.39, 0.29) is 11.9 Å². The minimum Gasteiger partial charge on any atom is -0.455 e. The Kier molecular flexibility index (Phi) is 5.63. The van der Waals surface area contributed by atoms with Crippen LogP contribution in [0.4, 0.5) is 0 Å². The van der Waals surface area contributed by atoms with Crippen molar-refractivity contribution in [2.75, 3.05) is 19.6 Å². The van der Waals surface area contributed by atoms with Gasteiger partial charge in [-0.25, -0.2) is 4.98 Å². The molecule has 1 N–H and O–H groups in total. The molecule has 0 bridgehead atoms. The highest BCUT2D eigenvalue weighted by Crippen LogP contribution is 2.23. The average Bonchev–Trinajstić information content (AvgIpc) is 3.32. The fraction of sp³-hybridized carbons (Fsp3) is 0.529. The van der Waals surface area contributed by atoms with Crippen LogP contribution in [0.1, 0.15) is 36.1 Å². The Labute approximate surface area is 146 Å². The lowest BCUT2D eigenvalue weighted by molar-refractivity contribution is 0.0658. The lowest BCUT2D eigenvalue weighted by Crippen LogP contribution is -2.41. The Bertz CT molecular complexity index is 676. The van der Waals surface area contributed by atoms with Gasteiger partial charge in [0.2, 0.25) is 0 Å². The van der Waals surface area contributed by atoms with E-state index >= 15 is 0 Å². The predicted molar refractivity (Wildman–Crippen MR) is 94.1 cm³/mol. The first-order valence-corrected chi connectivity index (χ1v) is 9.38. The molecule has 130 valence electrons. The van der Waals surface area contributed by atoms with E-state index in [0.29, 0.717) is 11.5 Å². The molecule has 1 aliphatic heterocycles. The first-order valence-electron chi connectivity index (χ1n) is 8.39. The molecule has 2 aromatic heterocycles. The quantitative estimate of drug-likeness (QED) is 0.779. The highest BCUT2D eigenvalue weighted by molar-refractivity contribution is 7.98. The lowest BCUT2D eigenvalue weighted by Gasteiger charge is -2.27. The van der Waals surface area contributed by atoms with Crippen LogP contribution < -0.4 is 5.32 Å². The monoisotopic (exact) mass is 348 g/mol. The van der Waals surface area contributed by atoms with Gasteiger partial charge in [0.15, 0.2) is 10.9 Å². The van der Waals surface area contributed by atoms with Gasteiger partial charge < -0.3 is 19.2 Å². The first kappa shape index (κ1) is 17.1. The summed E-state index contributed by atoms with van der Waals surface area (Å²) >= 11 is 1.60. The van der Waals surface area contributed by atoms with E-state index < -0.39 is 0 Å². The topological polar surface area (TPSA) is 63.3 Å². The SMILES string of the molecule is CCCN(C(=O)c1ccc(CSc2nccn2C)o1)C1CCNC1. The maximum atomic E-state index is 12.8. The molecular weight excluding hydrogens is 324 g/mol. The summed E-state index contributed by atoms with van der Waals surface area (Å²) in [5.74, 6) is 1.90. The van der Waals surface area contributed by atoms with Crippen LogP contribution in [-0.2, 0) is 12.8 Å². The van der Waals surface area contributed by atoms with Crippen LogP contribution in [-0.4, -0.2) is 46.0 Å². The van der Waals surface area contributed by atoms with Crippen molar-refractivity contribution in [1.82, 2.24) is 19.8 Å². The Hall–Kier alpha value is -1.73. The van der Waals surface area contributed by atoms with Crippen LogP contribution in [0.2, 0.25) is 0 Å². The number of nitrogens with zero attached hydrogens (tertiary/aromatic N) is 3. The number of hydrogen-bond donors (Lipinski definition) is 1. The molecule has 7 heteroatoms. The molecule has 0 spiro atoms. The number of thioether (sulfide) groups is 1. The number of furan rings is 1. The average molecular weight is 348 g/mol. The van der Waals surface area contributed by atoms with E-state index in [1.165, 1.54) is 0 Å². The van der Waals surface area contributed by atoms with Crippen molar-refractivity contribution in [3.63, 3.8) is 0 Å². The minimum atomic E-state index is -0.00112. The Morgan fingerprint density at radius 3 is 3.08 bits per heavy atom. The van der Waals surface area contributed by atoms with Crippen molar-refractivity contribution in [3.05, 3.63) is 36.0 Å². The molecule has 0 aliphatic carbocycles. The summed E-state index contributed by atoms with van der Waals surface area (Å²) in [4.78, 5) is 19.0. The Morgan fingerprint density at radius 1 is 1.54 bits per heavy atom. The molecule has 3 heterocycles. The van der Waals surface area contributed by atoms with Crippen molar-refractivity contribution in [3.8, 4) is 0 Å². The first-order chi connectivity index (χ1) is 11.7. The van der Waals surface area contributed by atoms with Crippen molar-refractivity contribution in [2.24, 2.45) is 7.05 Å². The second kappa shape index (κ2) is 7.90. The summed E-state index contributed by atoms with van der Waals surface area (Å²) < 4.78 is 7.77. The van der Waals surface area contributed by atoms with Crippen LogP contribution in [0, 0.1) is 0 Å². The number of aryl methyl sites for hydroxylation is 1. The summed E-state index contributed by atoms with van der Waals surface area (Å²) in [6.07, 6.45) is 5.65. The van der Waals surface area contributed by atoms with Gasteiger partial charge in [-0.05, 0) is 31.5 Å². The van der Waals surface area contributed by atoms with Crippen molar-refractivity contribution in [2.45, 2.75) is 36.7 Å². The molecule has 6 nitrogen and oxygen atoms in total. The zero-order valence-corrected chi connectivity index (χ0v) is 15.0. The van der Waals surface area contributed by atoms with E-state index in [9.17, 15) is 4.79 Å². The van der Waals surface area contributed by atoms with Crippen LogP contribution >= 0.6 is 11.8 Å². The molecule has 1 unspecified atom stereocenters. The number of imidazole rings is 1. The summed E-state index contributed by atoms with van der Waals surface area (Å²) in [5, 5.41) is 4.26. The van der Waals surface area contributed by atoms with Gasteiger partial charge in [0.1, 0.15) is 5.76 Å². The van der Waals surface area contributed by atoms with Crippen LogP contribution in [0.3, 0.4) is 0 Å². The number of hydrogen-bond acceptors (Lipinski definition) is 5. The highest BCUT2D eigenvalue weighted by atomic mass is 32.2. The Morgan fingerprint density at radius 2 is 2.42 bits per heavy atom. The van der Waals surface area contributed by atoms with Gasteiger partial charge in [-0.15, -0.1) is 0 Å². The molecule has 0 radical (unpaired) electrons. The van der Waals surface area contributed by atoms with Gasteiger partial charge in [-0.3, -0.25) is 4.79 Å². The van der Waals surface area contributed by atoms with Gasteiger partial charge in [0.05, 0.1) is 5.75 Å². The third-order valence-corrected chi connectivity index (χ3v) is 5.27. The van der Waals surface area contributed by atoms with Crippen molar-refractivity contribution >= 4 is 17.7 Å². The largest absolute Gasteiger partial charge is 0.455 e. The highest BCUT2D eigenvalue weighted by Gasteiger charge is 2.28. The molecule has 0 aromatic carbocycles. The fourth-order valence-electron chi connectivity index (χ4n) is 2.93. The molecule has 1 saturated heterocycles. The molecule has 1 aliphatic rings. The zero-order valence-electron chi connectivity index (χ0n) is 14.2. The summed E-state index contributed by atoms with van der Waals surface area (Å²) in [6.45, 7) is 4.71. The zero-order chi connectivity index (χ0) is 16.9. The predicted octanol–water partition coefficient (Wildman–Crippen LogP) is 2.52. The number of carbonyl (C=O) groups is 1. The van der Waals surface area contributed by atoms with E-state index in [4.69, 9.17) is 4.42 Å². The third kappa shape index (κ3) is 3.84. The molecular formula is C17H24N4O2S. The summed E-state index contributed by atoms with van der Waals surface area (Å²) in [7, 11) is 1.96.